The Morgan fingerprint density at radius 3 is 2.73 bits per heavy atom. The van der Waals surface area contributed by atoms with Crippen LogP contribution >= 0.6 is 0 Å². The highest BCUT2D eigenvalue weighted by Crippen LogP contribution is 2.33. The van der Waals surface area contributed by atoms with Crippen molar-refractivity contribution in [3.8, 4) is 0 Å². The van der Waals surface area contributed by atoms with Crippen LogP contribution in [-0.4, -0.2) is 27.3 Å². The fraction of sp³-hybridized carbons (Fsp3) is 0.500. The highest BCUT2D eigenvalue weighted by Gasteiger charge is 2.35. The molecule has 1 aliphatic rings. The maximum absolute atomic E-state index is 13.2. The fourth-order valence-corrected chi connectivity index (χ4v) is 3.02. The third-order valence-corrected chi connectivity index (χ3v) is 4.24. The van der Waals surface area contributed by atoms with Crippen LogP contribution in [-0.2, 0) is 0 Å². The number of carbonyl (C=O) groups is 1. The Morgan fingerprint density at radius 2 is 2.05 bits per heavy atom. The standard InChI is InChI=1S/C16H19F2N3O/c1-10-9-11(2)21-8-5-13(14(21)19-10)15(22)20-12-3-6-16(17,18)7-4-12/h5,8-9,12H,3-4,6-7H2,1-2H3,(H,20,22). The third-order valence-electron chi connectivity index (χ3n) is 4.24. The van der Waals surface area contributed by atoms with Crippen molar-refractivity contribution in [2.24, 2.45) is 0 Å². The Kier molecular flexibility index (Phi) is 3.62. The lowest BCUT2D eigenvalue weighted by Crippen LogP contribution is -2.40. The molecule has 2 heterocycles. The van der Waals surface area contributed by atoms with Gasteiger partial charge in [0, 0.05) is 36.5 Å². The maximum Gasteiger partial charge on any atom is 0.255 e. The van der Waals surface area contributed by atoms with E-state index in [1.165, 1.54) is 0 Å². The first-order chi connectivity index (χ1) is 10.4. The molecule has 1 saturated carbocycles. The highest BCUT2D eigenvalue weighted by atomic mass is 19.3. The number of aryl methyl sites for hydroxylation is 2. The monoisotopic (exact) mass is 307 g/mol. The molecular formula is C16H19F2N3O. The number of amides is 1. The normalized spacial score (nSPS) is 18.5. The first-order valence-corrected chi connectivity index (χ1v) is 7.50. The Hall–Kier alpha value is -1.98. The number of fused-ring (bicyclic) bond motifs is 1. The predicted octanol–water partition coefficient (Wildman–Crippen LogP) is 3.26. The van der Waals surface area contributed by atoms with Crippen LogP contribution in [0, 0.1) is 13.8 Å². The van der Waals surface area contributed by atoms with Gasteiger partial charge in [-0.05, 0) is 38.8 Å². The Morgan fingerprint density at radius 1 is 1.36 bits per heavy atom. The second-order valence-electron chi connectivity index (χ2n) is 6.07. The molecule has 2 aromatic heterocycles. The SMILES string of the molecule is Cc1cc(C)n2ccc(C(=O)NC3CCC(F)(F)CC3)c2n1. The minimum atomic E-state index is -2.58. The van der Waals surface area contributed by atoms with Gasteiger partial charge in [-0.1, -0.05) is 0 Å². The summed E-state index contributed by atoms with van der Waals surface area (Å²) in [5, 5.41) is 2.86. The summed E-state index contributed by atoms with van der Waals surface area (Å²) in [5.41, 5.74) is 2.94. The number of alkyl halides is 2. The summed E-state index contributed by atoms with van der Waals surface area (Å²) < 4.78 is 28.2. The van der Waals surface area contributed by atoms with Gasteiger partial charge < -0.3 is 9.72 Å². The molecule has 2 aromatic rings. The van der Waals surface area contributed by atoms with E-state index < -0.39 is 5.92 Å². The van der Waals surface area contributed by atoms with Crippen molar-refractivity contribution < 1.29 is 13.6 Å². The first-order valence-electron chi connectivity index (χ1n) is 7.50. The summed E-state index contributed by atoms with van der Waals surface area (Å²) in [6.45, 7) is 3.83. The molecule has 4 nitrogen and oxygen atoms in total. The van der Waals surface area contributed by atoms with Gasteiger partial charge in [-0.15, -0.1) is 0 Å². The van der Waals surface area contributed by atoms with Crippen LogP contribution in [0.25, 0.3) is 5.65 Å². The number of halogens is 2. The van der Waals surface area contributed by atoms with Gasteiger partial charge in [0.25, 0.3) is 5.91 Å². The van der Waals surface area contributed by atoms with Gasteiger partial charge in [0.05, 0.1) is 5.56 Å². The quantitative estimate of drug-likeness (QED) is 0.925. The largest absolute Gasteiger partial charge is 0.349 e. The molecule has 6 heteroatoms. The molecule has 1 amide bonds. The third kappa shape index (κ3) is 2.82. The van der Waals surface area contributed by atoms with Crippen molar-refractivity contribution >= 4 is 11.6 Å². The second kappa shape index (κ2) is 5.34. The van der Waals surface area contributed by atoms with Crippen LogP contribution in [0.5, 0.6) is 0 Å². The average Bonchev–Trinajstić information content (AvgIpc) is 2.85. The molecule has 22 heavy (non-hydrogen) atoms. The fourth-order valence-electron chi connectivity index (χ4n) is 3.02. The van der Waals surface area contributed by atoms with E-state index in [1.54, 1.807) is 12.3 Å². The summed E-state index contributed by atoms with van der Waals surface area (Å²) in [4.78, 5) is 16.8. The molecule has 0 aliphatic heterocycles. The topological polar surface area (TPSA) is 46.4 Å². The maximum atomic E-state index is 13.2. The molecule has 0 radical (unpaired) electrons. The van der Waals surface area contributed by atoms with Gasteiger partial charge in [-0.25, -0.2) is 13.8 Å². The molecule has 1 aliphatic carbocycles. The van der Waals surface area contributed by atoms with E-state index in [1.807, 2.05) is 24.3 Å². The number of hydrogen-bond donors (Lipinski definition) is 1. The second-order valence-corrected chi connectivity index (χ2v) is 6.07. The summed E-state index contributed by atoms with van der Waals surface area (Å²) in [6.07, 6.45) is 2.11. The zero-order valence-electron chi connectivity index (χ0n) is 12.7. The Balaban J connectivity index is 1.79. The smallest absolute Gasteiger partial charge is 0.255 e. The van der Waals surface area contributed by atoms with Gasteiger partial charge >= 0.3 is 0 Å². The number of aromatic nitrogens is 2. The zero-order valence-corrected chi connectivity index (χ0v) is 12.7. The summed E-state index contributed by atoms with van der Waals surface area (Å²) in [7, 11) is 0. The molecule has 118 valence electrons. The van der Waals surface area contributed by atoms with Crippen LogP contribution in [0.2, 0.25) is 0 Å². The van der Waals surface area contributed by atoms with Gasteiger partial charge in [-0.3, -0.25) is 4.79 Å². The van der Waals surface area contributed by atoms with Crippen molar-refractivity contribution in [3.63, 3.8) is 0 Å². The minimum absolute atomic E-state index is 0.162. The van der Waals surface area contributed by atoms with E-state index in [0.29, 0.717) is 24.1 Å². The summed E-state index contributed by atoms with van der Waals surface area (Å²) in [6, 6.07) is 3.48. The number of nitrogens with zero attached hydrogens (tertiary/aromatic N) is 2. The van der Waals surface area contributed by atoms with Crippen LogP contribution in [0.15, 0.2) is 18.3 Å². The first kappa shape index (κ1) is 14.9. The van der Waals surface area contributed by atoms with Crippen molar-refractivity contribution in [2.45, 2.75) is 51.5 Å². The Bertz CT molecular complexity index is 713. The van der Waals surface area contributed by atoms with E-state index in [-0.39, 0.29) is 24.8 Å². The lowest BCUT2D eigenvalue weighted by Gasteiger charge is -2.28. The van der Waals surface area contributed by atoms with Crippen molar-refractivity contribution in [1.29, 1.82) is 0 Å². The van der Waals surface area contributed by atoms with Crippen LogP contribution in [0.1, 0.15) is 47.4 Å². The van der Waals surface area contributed by atoms with Crippen molar-refractivity contribution in [3.05, 3.63) is 35.3 Å². The number of hydrogen-bond acceptors (Lipinski definition) is 2. The molecule has 0 bridgehead atoms. The summed E-state index contributed by atoms with van der Waals surface area (Å²) in [5.74, 6) is -2.82. The molecule has 0 atom stereocenters. The predicted molar refractivity (Wildman–Crippen MR) is 79.3 cm³/mol. The molecule has 1 fully saturated rings. The molecule has 1 N–H and O–H groups in total. The highest BCUT2D eigenvalue weighted by molar-refractivity contribution is 6.00. The zero-order chi connectivity index (χ0) is 15.9. The van der Waals surface area contributed by atoms with Crippen LogP contribution < -0.4 is 5.32 Å². The van der Waals surface area contributed by atoms with E-state index in [2.05, 4.69) is 10.3 Å². The van der Waals surface area contributed by atoms with E-state index in [0.717, 1.165) is 11.4 Å². The van der Waals surface area contributed by atoms with Crippen LogP contribution in [0.4, 0.5) is 8.78 Å². The molecule has 3 rings (SSSR count). The molecule has 0 unspecified atom stereocenters. The van der Waals surface area contributed by atoms with E-state index in [4.69, 9.17) is 0 Å². The summed E-state index contributed by atoms with van der Waals surface area (Å²) >= 11 is 0. The van der Waals surface area contributed by atoms with Crippen LogP contribution in [0.3, 0.4) is 0 Å². The molecule has 0 saturated heterocycles. The molecular weight excluding hydrogens is 288 g/mol. The van der Waals surface area contributed by atoms with Gasteiger partial charge in [0.2, 0.25) is 5.92 Å². The number of carbonyl (C=O) groups excluding carboxylic acids is 1. The number of nitrogens with one attached hydrogen (secondary N) is 1. The van der Waals surface area contributed by atoms with E-state index >= 15 is 0 Å². The minimum Gasteiger partial charge on any atom is -0.349 e. The van der Waals surface area contributed by atoms with E-state index in [9.17, 15) is 13.6 Å². The van der Waals surface area contributed by atoms with Crippen molar-refractivity contribution in [2.75, 3.05) is 0 Å². The van der Waals surface area contributed by atoms with Gasteiger partial charge in [0.15, 0.2) is 0 Å². The lowest BCUT2D eigenvalue weighted by molar-refractivity contribution is -0.0399. The Labute approximate surface area is 127 Å². The number of rotatable bonds is 2. The average molecular weight is 307 g/mol. The van der Waals surface area contributed by atoms with Crippen molar-refractivity contribution in [1.82, 2.24) is 14.7 Å². The van der Waals surface area contributed by atoms with Gasteiger partial charge in [-0.2, -0.15) is 0 Å². The van der Waals surface area contributed by atoms with Gasteiger partial charge in [0.1, 0.15) is 5.65 Å². The molecule has 0 spiro atoms. The lowest BCUT2D eigenvalue weighted by atomic mass is 9.92. The molecule has 0 aromatic carbocycles.